The van der Waals surface area contributed by atoms with Gasteiger partial charge in [-0.05, 0) is 23.6 Å². The Morgan fingerprint density at radius 1 is 1.25 bits per heavy atom. The molecule has 0 spiro atoms. The maximum atomic E-state index is 4.10. The van der Waals surface area contributed by atoms with Crippen LogP contribution in [0.1, 0.15) is 25.6 Å². The predicted molar refractivity (Wildman–Crippen MR) is 70.2 cm³/mol. The lowest BCUT2D eigenvalue weighted by atomic mass is 9.94. The summed E-state index contributed by atoms with van der Waals surface area (Å²) in [5, 5.41) is 9.67. The quantitative estimate of drug-likeness (QED) is 0.619. The van der Waals surface area contributed by atoms with Gasteiger partial charge in [-0.25, -0.2) is 0 Å². The summed E-state index contributed by atoms with van der Waals surface area (Å²) < 4.78 is 1.33. The van der Waals surface area contributed by atoms with E-state index in [0.717, 1.165) is 5.52 Å². The van der Waals surface area contributed by atoms with Crippen molar-refractivity contribution in [3.8, 4) is 0 Å². The lowest BCUT2D eigenvalue weighted by molar-refractivity contribution is 0.604. The number of nitrogens with zero attached hydrogens (tertiary/aromatic N) is 1. The lowest BCUT2D eigenvalue weighted by Crippen LogP contribution is -2.07. The Morgan fingerprint density at radius 2 is 2.06 bits per heavy atom. The number of aromatic amines is 1. The molecular formula is C13H14N2S. The first kappa shape index (κ1) is 9.85. The summed E-state index contributed by atoms with van der Waals surface area (Å²) in [5.41, 5.74) is 1.37. The number of hydrogen-bond donors (Lipinski definition) is 1. The fourth-order valence-electron chi connectivity index (χ4n) is 1.90. The molecule has 2 aromatic heterocycles. The van der Waals surface area contributed by atoms with Gasteiger partial charge in [0, 0.05) is 20.3 Å². The molecule has 0 saturated heterocycles. The highest BCUT2D eigenvalue weighted by Gasteiger charge is 2.17. The molecule has 0 atom stereocenters. The fourth-order valence-corrected chi connectivity index (χ4v) is 3.02. The van der Waals surface area contributed by atoms with E-state index in [1.807, 2.05) is 17.5 Å². The van der Waals surface area contributed by atoms with Gasteiger partial charge in [0.25, 0.3) is 0 Å². The smallest absolute Gasteiger partial charge is 0.0737 e. The first-order chi connectivity index (χ1) is 7.55. The molecule has 0 aliphatic rings. The summed E-state index contributed by atoms with van der Waals surface area (Å²) in [4.78, 5) is 1.42. The Labute approximate surface area is 98.3 Å². The average Bonchev–Trinajstić information content (AvgIpc) is 2.81. The molecule has 0 aliphatic heterocycles. The number of hydrogen-bond acceptors (Lipinski definition) is 2. The molecule has 3 aromatic rings. The molecule has 0 bridgehead atoms. The van der Waals surface area contributed by atoms with Crippen LogP contribution in [0, 0.1) is 0 Å². The highest BCUT2D eigenvalue weighted by Crippen LogP contribution is 2.36. The predicted octanol–water partition coefficient (Wildman–Crippen LogP) is 4.08. The van der Waals surface area contributed by atoms with Crippen molar-refractivity contribution in [3.63, 3.8) is 0 Å². The van der Waals surface area contributed by atoms with Crippen LogP contribution in [0.2, 0.25) is 0 Å². The van der Waals surface area contributed by atoms with Crippen molar-refractivity contribution in [2.45, 2.75) is 26.2 Å². The maximum absolute atomic E-state index is 4.10. The SMILES string of the molecule is CC(C)(C)c1cc2c(ccc3cn[nH]c32)s1. The number of nitrogens with one attached hydrogen (secondary N) is 1. The van der Waals surface area contributed by atoms with Gasteiger partial charge in [-0.1, -0.05) is 20.8 Å². The molecule has 16 heavy (non-hydrogen) atoms. The van der Waals surface area contributed by atoms with E-state index in [4.69, 9.17) is 0 Å². The largest absolute Gasteiger partial charge is 0.277 e. The van der Waals surface area contributed by atoms with Gasteiger partial charge in [-0.3, -0.25) is 5.10 Å². The van der Waals surface area contributed by atoms with Gasteiger partial charge >= 0.3 is 0 Å². The van der Waals surface area contributed by atoms with E-state index in [2.05, 4.69) is 49.2 Å². The first-order valence-electron chi connectivity index (χ1n) is 5.42. The minimum atomic E-state index is 0.218. The van der Waals surface area contributed by atoms with Crippen LogP contribution in [0.15, 0.2) is 24.4 Å². The molecule has 0 aliphatic carbocycles. The van der Waals surface area contributed by atoms with E-state index in [1.165, 1.54) is 20.3 Å². The molecular weight excluding hydrogens is 216 g/mol. The van der Waals surface area contributed by atoms with Gasteiger partial charge in [-0.2, -0.15) is 5.10 Å². The molecule has 2 nitrogen and oxygen atoms in total. The van der Waals surface area contributed by atoms with E-state index in [-0.39, 0.29) is 5.41 Å². The number of thiophene rings is 1. The molecule has 0 radical (unpaired) electrons. The van der Waals surface area contributed by atoms with E-state index < -0.39 is 0 Å². The summed E-state index contributed by atoms with van der Waals surface area (Å²) in [6, 6.07) is 6.61. The van der Waals surface area contributed by atoms with Crippen LogP contribution in [-0.4, -0.2) is 10.2 Å². The third kappa shape index (κ3) is 1.35. The molecule has 2 heterocycles. The summed E-state index contributed by atoms with van der Waals surface area (Å²) in [6.45, 7) is 6.76. The number of benzene rings is 1. The third-order valence-electron chi connectivity index (χ3n) is 2.85. The van der Waals surface area contributed by atoms with E-state index in [9.17, 15) is 0 Å². The first-order valence-corrected chi connectivity index (χ1v) is 6.23. The van der Waals surface area contributed by atoms with Gasteiger partial charge in [0.1, 0.15) is 0 Å². The molecule has 3 rings (SSSR count). The third-order valence-corrected chi connectivity index (χ3v) is 4.38. The normalized spacial score (nSPS) is 12.7. The number of aromatic nitrogens is 2. The van der Waals surface area contributed by atoms with Crippen molar-refractivity contribution >= 4 is 32.3 Å². The average molecular weight is 230 g/mol. The van der Waals surface area contributed by atoms with E-state index in [1.54, 1.807) is 0 Å². The Kier molecular flexibility index (Phi) is 1.89. The summed E-state index contributed by atoms with van der Waals surface area (Å²) >= 11 is 1.87. The minimum absolute atomic E-state index is 0.218. The molecule has 3 heteroatoms. The molecule has 0 unspecified atom stereocenters. The van der Waals surface area contributed by atoms with Crippen molar-refractivity contribution in [1.29, 1.82) is 0 Å². The van der Waals surface area contributed by atoms with Crippen LogP contribution in [0.5, 0.6) is 0 Å². The number of rotatable bonds is 0. The van der Waals surface area contributed by atoms with Crippen LogP contribution >= 0.6 is 11.3 Å². The molecule has 1 N–H and O–H groups in total. The van der Waals surface area contributed by atoms with Crippen LogP contribution in [0.25, 0.3) is 21.0 Å². The van der Waals surface area contributed by atoms with Crippen molar-refractivity contribution in [2.24, 2.45) is 0 Å². The Hall–Kier alpha value is -1.35. The van der Waals surface area contributed by atoms with Gasteiger partial charge in [-0.15, -0.1) is 11.3 Å². The molecule has 82 valence electrons. The second-order valence-electron chi connectivity index (χ2n) is 5.17. The topological polar surface area (TPSA) is 28.7 Å². The molecule has 0 saturated carbocycles. The van der Waals surface area contributed by atoms with E-state index >= 15 is 0 Å². The van der Waals surface area contributed by atoms with Crippen molar-refractivity contribution < 1.29 is 0 Å². The van der Waals surface area contributed by atoms with Crippen molar-refractivity contribution in [3.05, 3.63) is 29.3 Å². The zero-order valence-electron chi connectivity index (χ0n) is 9.66. The van der Waals surface area contributed by atoms with Gasteiger partial charge in [0.05, 0.1) is 11.7 Å². The standard InChI is InChI=1S/C13H14N2S/c1-13(2,3)11-6-9-10(16-11)5-4-8-7-14-15-12(8)9/h4-7H,1-3H3,(H,14,15). The van der Waals surface area contributed by atoms with Crippen molar-refractivity contribution in [2.75, 3.05) is 0 Å². The van der Waals surface area contributed by atoms with Crippen molar-refractivity contribution in [1.82, 2.24) is 10.2 Å². The number of fused-ring (bicyclic) bond motifs is 3. The van der Waals surface area contributed by atoms with Crippen LogP contribution in [0.3, 0.4) is 0 Å². The zero-order chi connectivity index (χ0) is 11.3. The summed E-state index contributed by atoms with van der Waals surface area (Å²) in [5.74, 6) is 0. The van der Waals surface area contributed by atoms with Gasteiger partial charge < -0.3 is 0 Å². The Bertz CT molecular complexity index is 655. The minimum Gasteiger partial charge on any atom is -0.277 e. The van der Waals surface area contributed by atoms with E-state index in [0.29, 0.717) is 0 Å². The summed E-state index contributed by atoms with van der Waals surface area (Å²) in [6.07, 6.45) is 1.88. The lowest BCUT2D eigenvalue weighted by Gasteiger charge is -2.14. The highest BCUT2D eigenvalue weighted by atomic mass is 32.1. The second kappa shape index (κ2) is 3.08. The Morgan fingerprint density at radius 3 is 2.81 bits per heavy atom. The molecule has 0 fully saturated rings. The van der Waals surface area contributed by atoms with Crippen LogP contribution < -0.4 is 0 Å². The van der Waals surface area contributed by atoms with Gasteiger partial charge in [0.15, 0.2) is 0 Å². The monoisotopic (exact) mass is 230 g/mol. The molecule has 1 aromatic carbocycles. The Balaban J connectivity index is 2.39. The zero-order valence-corrected chi connectivity index (χ0v) is 10.5. The number of H-pyrrole nitrogens is 1. The maximum Gasteiger partial charge on any atom is 0.0737 e. The fraction of sp³-hybridized carbons (Fsp3) is 0.308. The van der Waals surface area contributed by atoms with Gasteiger partial charge in [0.2, 0.25) is 0 Å². The summed E-state index contributed by atoms with van der Waals surface area (Å²) in [7, 11) is 0. The van der Waals surface area contributed by atoms with Crippen LogP contribution in [0.4, 0.5) is 0 Å². The second-order valence-corrected chi connectivity index (χ2v) is 6.26. The van der Waals surface area contributed by atoms with Crippen LogP contribution in [-0.2, 0) is 5.41 Å². The molecule has 0 amide bonds. The highest BCUT2D eigenvalue weighted by molar-refractivity contribution is 7.19.